The summed E-state index contributed by atoms with van der Waals surface area (Å²) in [6, 6.07) is 0. The van der Waals surface area contributed by atoms with E-state index in [1.807, 2.05) is 0 Å². The molecule has 0 saturated carbocycles. The van der Waals surface area contributed by atoms with Gasteiger partial charge in [0, 0.05) is 5.25 Å². The van der Waals surface area contributed by atoms with E-state index in [-0.39, 0.29) is 35.7 Å². The molecule has 0 bridgehead atoms. The van der Waals surface area contributed by atoms with Crippen LogP contribution in [0.1, 0.15) is 123 Å². The predicted octanol–water partition coefficient (Wildman–Crippen LogP) is 2.94. The van der Waals surface area contributed by atoms with Crippen LogP contribution < -0.4 is 29.6 Å². The minimum absolute atomic E-state index is 0. The SMILES string of the molecule is CCCCCCCCCCCCC(O)CCCCCC(CC)S(=O)(=O)[O-].[Na+]. The van der Waals surface area contributed by atoms with E-state index < -0.39 is 15.4 Å². The van der Waals surface area contributed by atoms with E-state index in [2.05, 4.69) is 6.92 Å². The molecule has 158 valence electrons. The summed E-state index contributed by atoms with van der Waals surface area (Å²) in [6.07, 6.45) is 17.9. The van der Waals surface area contributed by atoms with Crippen LogP contribution in [-0.4, -0.2) is 29.4 Å². The van der Waals surface area contributed by atoms with Crippen molar-refractivity contribution in [3.05, 3.63) is 0 Å². The third kappa shape index (κ3) is 19.9. The Balaban J connectivity index is 0. The van der Waals surface area contributed by atoms with Crippen LogP contribution in [0.5, 0.6) is 0 Å². The molecule has 6 heteroatoms. The minimum atomic E-state index is -4.15. The molecule has 0 radical (unpaired) electrons. The first kappa shape index (κ1) is 30.1. The van der Waals surface area contributed by atoms with E-state index in [0.717, 1.165) is 38.5 Å². The van der Waals surface area contributed by atoms with Gasteiger partial charge in [-0.15, -0.1) is 0 Å². The quantitative estimate of drug-likeness (QED) is 0.200. The van der Waals surface area contributed by atoms with Crippen molar-refractivity contribution in [3.8, 4) is 0 Å². The van der Waals surface area contributed by atoms with Gasteiger partial charge in [-0.2, -0.15) is 0 Å². The van der Waals surface area contributed by atoms with Crippen LogP contribution in [0.4, 0.5) is 0 Å². The Morgan fingerprint density at radius 1 is 0.704 bits per heavy atom. The molecule has 0 aliphatic heterocycles. The molecule has 0 aromatic rings. The largest absolute Gasteiger partial charge is 1.00 e. The minimum Gasteiger partial charge on any atom is -0.748 e. The first-order chi connectivity index (χ1) is 12.4. The van der Waals surface area contributed by atoms with Gasteiger partial charge in [0.15, 0.2) is 0 Å². The zero-order valence-corrected chi connectivity index (χ0v) is 21.1. The summed E-state index contributed by atoms with van der Waals surface area (Å²) in [6.45, 7) is 3.99. The van der Waals surface area contributed by atoms with Crippen molar-refractivity contribution in [2.24, 2.45) is 0 Å². The fraction of sp³-hybridized carbons (Fsp3) is 1.00. The summed E-state index contributed by atoms with van der Waals surface area (Å²) in [7, 11) is -4.15. The smallest absolute Gasteiger partial charge is 0.748 e. The number of aliphatic hydroxyl groups excluding tert-OH is 1. The molecule has 4 nitrogen and oxygen atoms in total. The maximum Gasteiger partial charge on any atom is 1.00 e. The molecule has 0 aliphatic carbocycles. The topological polar surface area (TPSA) is 77.4 Å². The van der Waals surface area contributed by atoms with Crippen LogP contribution in [0.25, 0.3) is 0 Å². The standard InChI is InChI=1S/C21H44O4S.Na/c1-3-5-6-7-8-9-10-11-12-14-17-20(22)18-15-13-16-19-21(4-2)26(23,24)25;/h20-22H,3-19H2,1-2H3,(H,23,24,25);/q;+1/p-1. The van der Waals surface area contributed by atoms with Gasteiger partial charge in [-0.3, -0.25) is 0 Å². The molecule has 0 aromatic heterocycles. The van der Waals surface area contributed by atoms with Gasteiger partial charge in [0.2, 0.25) is 0 Å². The Morgan fingerprint density at radius 3 is 1.48 bits per heavy atom. The predicted molar refractivity (Wildman–Crippen MR) is 109 cm³/mol. The van der Waals surface area contributed by atoms with Crippen molar-refractivity contribution in [1.29, 1.82) is 0 Å². The van der Waals surface area contributed by atoms with Crippen LogP contribution in [0.3, 0.4) is 0 Å². The summed E-state index contributed by atoms with van der Waals surface area (Å²) in [5.74, 6) is 0. The Bertz CT molecular complexity index is 401. The maximum absolute atomic E-state index is 11.0. The zero-order valence-electron chi connectivity index (χ0n) is 18.3. The van der Waals surface area contributed by atoms with Crippen LogP contribution in [0, 0.1) is 0 Å². The fourth-order valence-electron chi connectivity index (χ4n) is 3.49. The average molecular weight is 415 g/mol. The van der Waals surface area contributed by atoms with Crippen molar-refractivity contribution in [1.82, 2.24) is 0 Å². The number of unbranched alkanes of at least 4 members (excludes halogenated alkanes) is 11. The van der Waals surface area contributed by atoms with Gasteiger partial charge in [-0.05, 0) is 25.7 Å². The molecule has 0 amide bonds. The second-order valence-corrected chi connectivity index (χ2v) is 9.44. The van der Waals surface area contributed by atoms with E-state index in [4.69, 9.17) is 0 Å². The number of hydrogen-bond donors (Lipinski definition) is 1. The maximum atomic E-state index is 11.0. The van der Waals surface area contributed by atoms with Crippen molar-refractivity contribution in [2.45, 2.75) is 134 Å². The third-order valence-corrected chi connectivity index (χ3v) is 6.70. The molecule has 0 spiro atoms. The van der Waals surface area contributed by atoms with E-state index in [1.165, 1.54) is 57.8 Å². The number of hydrogen-bond acceptors (Lipinski definition) is 4. The van der Waals surface area contributed by atoms with Crippen LogP contribution in [0.2, 0.25) is 0 Å². The van der Waals surface area contributed by atoms with E-state index in [0.29, 0.717) is 12.8 Å². The summed E-state index contributed by atoms with van der Waals surface area (Å²) in [5.41, 5.74) is 0. The van der Waals surface area contributed by atoms with E-state index in [9.17, 15) is 18.1 Å². The van der Waals surface area contributed by atoms with Crippen molar-refractivity contribution < 1.29 is 47.6 Å². The van der Waals surface area contributed by atoms with Crippen molar-refractivity contribution in [2.75, 3.05) is 0 Å². The monoisotopic (exact) mass is 414 g/mol. The van der Waals surface area contributed by atoms with Gasteiger partial charge >= 0.3 is 29.6 Å². The second-order valence-electron chi connectivity index (χ2n) is 7.79. The van der Waals surface area contributed by atoms with Crippen LogP contribution in [-0.2, 0) is 10.1 Å². The summed E-state index contributed by atoms with van der Waals surface area (Å²) in [4.78, 5) is 0. The van der Waals surface area contributed by atoms with Gasteiger partial charge < -0.3 is 9.66 Å². The Kier molecular flexibility index (Phi) is 22.4. The second kappa shape index (κ2) is 20.2. The van der Waals surface area contributed by atoms with E-state index >= 15 is 0 Å². The van der Waals surface area contributed by atoms with Gasteiger partial charge in [-0.1, -0.05) is 97.3 Å². The zero-order chi connectivity index (χ0) is 19.7. The Morgan fingerprint density at radius 2 is 1.07 bits per heavy atom. The molecule has 2 unspecified atom stereocenters. The van der Waals surface area contributed by atoms with Crippen LogP contribution in [0.15, 0.2) is 0 Å². The van der Waals surface area contributed by atoms with Crippen molar-refractivity contribution >= 4 is 10.1 Å². The summed E-state index contributed by atoms with van der Waals surface area (Å²) >= 11 is 0. The summed E-state index contributed by atoms with van der Waals surface area (Å²) < 4.78 is 33.0. The molecular formula is C21H43NaO4S. The van der Waals surface area contributed by atoms with E-state index in [1.54, 1.807) is 6.92 Å². The summed E-state index contributed by atoms with van der Waals surface area (Å²) in [5, 5.41) is 9.27. The van der Waals surface area contributed by atoms with Crippen LogP contribution >= 0.6 is 0 Å². The average Bonchev–Trinajstić information content (AvgIpc) is 2.58. The number of rotatable bonds is 19. The van der Waals surface area contributed by atoms with Gasteiger partial charge in [0.25, 0.3) is 0 Å². The molecule has 0 rings (SSSR count). The first-order valence-electron chi connectivity index (χ1n) is 11.0. The van der Waals surface area contributed by atoms with Gasteiger partial charge in [0.1, 0.15) is 0 Å². The molecule has 0 heterocycles. The molecule has 0 aliphatic rings. The molecule has 0 aromatic carbocycles. The molecule has 0 fully saturated rings. The van der Waals surface area contributed by atoms with Gasteiger partial charge in [0.05, 0.1) is 16.2 Å². The fourth-order valence-corrected chi connectivity index (χ4v) is 4.36. The Labute approximate surface area is 191 Å². The number of aliphatic hydroxyl groups is 1. The molecule has 1 N–H and O–H groups in total. The molecular weight excluding hydrogens is 371 g/mol. The normalized spacial score (nSPS) is 13.9. The molecule has 0 saturated heterocycles. The Hall–Kier alpha value is 0.870. The third-order valence-electron chi connectivity index (χ3n) is 5.32. The molecule has 27 heavy (non-hydrogen) atoms. The van der Waals surface area contributed by atoms with Gasteiger partial charge in [-0.25, -0.2) is 8.42 Å². The van der Waals surface area contributed by atoms with Crippen molar-refractivity contribution in [3.63, 3.8) is 0 Å². The first-order valence-corrected chi connectivity index (χ1v) is 12.5. The molecule has 2 atom stereocenters.